The van der Waals surface area contributed by atoms with Gasteiger partial charge < -0.3 is 9.47 Å². The van der Waals surface area contributed by atoms with Gasteiger partial charge in [-0.05, 0) is 30.3 Å². The van der Waals surface area contributed by atoms with E-state index < -0.39 is 0 Å². The van der Waals surface area contributed by atoms with Crippen molar-refractivity contribution in [3.8, 4) is 22.8 Å². The molecule has 7 heteroatoms. The molecule has 0 fully saturated rings. The highest BCUT2D eigenvalue weighted by molar-refractivity contribution is 5.88. The molecule has 1 N–H and O–H groups in total. The summed E-state index contributed by atoms with van der Waals surface area (Å²) >= 11 is 0. The number of benzene rings is 1. The SMILES string of the molecule is CC(=O)Nc1ncc2nc(-c3ccc4c(c3)OCO4)ccc2n1. The number of ether oxygens (including phenoxy) is 2. The maximum absolute atomic E-state index is 11.1. The van der Waals surface area contributed by atoms with E-state index in [4.69, 9.17) is 9.47 Å². The maximum atomic E-state index is 11.1. The van der Waals surface area contributed by atoms with Gasteiger partial charge in [0.2, 0.25) is 18.6 Å². The summed E-state index contributed by atoms with van der Waals surface area (Å²) in [6.07, 6.45) is 1.59. The molecule has 7 nitrogen and oxygen atoms in total. The van der Waals surface area contributed by atoms with E-state index >= 15 is 0 Å². The molecule has 0 aliphatic carbocycles. The molecule has 1 amide bonds. The van der Waals surface area contributed by atoms with Crippen molar-refractivity contribution in [1.82, 2.24) is 15.0 Å². The normalized spacial score (nSPS) is 12.4. The monoisotopic (exact) mass is 308 g/mol. The number of hydrogen-bond acceptors (Lipinski definition) is 6. The van der Waals surface area contributed by atoms with Crippen molar-refractivity contribution in [2.24, 2.45) is 0 Å². The number of amides is 1. The number of pyridine rings is 1. The molecule has 2 aromatic heterocycles. The zero-order valence-corrected chi connectivity index (χ0v) is 12.2. The Balaban J connectivity index is 1.73. The van der Waals surface area contributed by atoms with Crippen molar-refractivity contribution in [3.63, 3.8) is 0 Å². The van der Waals surface area contributed by atoms with Crippen LogP contribution in [0.25, 0.3) is 22.3 Å². The first-order valence-electron chi connectivity index (χ1n) is 7.00. The zero-order chi connectivity index (χ0) is 15.8. The molecule has 0 spiro atoms. The minimum Gasteiger partial charge on any atom is -0.454 e. The van der Waals surface area contributed by atoms with Crippen LogP contribution in [0.4, 0.5) is 5.95 Å². The first-order valence-corrected chi connectivity index (χ1v) is 7.00. The van der Waals surface area contributed by atoms with Crippen LogP contribution in [0.2, 0.25) is 0 Å². The second-order valence-electron chi connectivity index (χ2n) is 5.04. The van der Waals surface area contributed by atoms with Crippen LogP contribution in [0.15, 0.2) is 36.5 Å². The van der Waals surface area contributed by atoms with Crippen LogP contribution in [0.5, 0.6) is 11.5 Å². The van der Waals surface area contributed by atoms with E-state index in [0.717, 1.165) is 17.0 Å². The Morgan fingerprint density at radius 1 is 1.09 bits per heavy atom. The van der Waals surface area contributed by atoms with Crippen molar-refractivity contribution >= 4 is 22.9 Å². The van der Waals surface area contributed by atoms with Crippen molar-refractivity contribution < 1.29 is 14.3 Å². The molecule has 3 heterocycles. The summed E-state index contributed by atoms with van der Waals surface area (Å²) in [5.41, 5.74) is 3.01. The molecule has 4 rings (SSSR count). The number of carbonyl (C=O) groups excluding carboxylic acids is 1. The van der Waals surface area contributed by atoms with Gasteiger partial charge in [0.15, 0.2) is 11.5 Å². The smallest absolute Gasteiger partial charge is 0.231 e. The number of hydrogen-bond donors (Lipinski definition) is 1. The lowest BCUT2D eigenvalue weighted by molar-refractivity contribution is -0.114. The average molecular weight is 308 g/mol. The predicted molar refractivity (Wildman–Crippen MR) is 83.2 cm³/mol. The minimum atomic E-state index is -0.214. The van der Waals surface area contributed by atoms with E-state index in [1.165, 1.54) is 6.92 Å². The topological polar surface area (TPSA) is 86.2 Å². The Morgan fingerprint density at radius 3 is 2.83 bits per heavy atom. The summed E-state index contributed by atoms with van der Waals surface area (Å²) in [4.78, 5) is 24.0. The first-order chi connectivity index (χ1) is 11.2. The molecule has 0 unspecified atom stereocenters. The third kappa shape index (κ3) is 2.52. The molecule has 3 aromatic rings. The fourth-order valence-corrected chi connectivity index (χ4v) is 2.36. The molecule has 0 atom stereocenters. The van der Waals surface area contributed by atoms with Gasteiger partial charge in [-0.25, -0.2) is 15.0 Å². The number of rotatable bonds is 2. The Morgan fingerprint density at radius 2 is 1.96 bits per heavy atom. The van der Waals surface area contributed by atoms with E-state index in [1.807, 2.05) is 30.3 Å². The van der Waals surface area contributed by atoms with Crippen LogP contribution < -0.4 is 14.8 Å². The van der Waals surface area contributed by atoms with Gasteiger partial charge in [0.1, 0.15) is 5.52 Å². The molecular weight excluding hydrogens is 296 g/mol. The van der Waals surface area contributed by atoms with Gasteiger partial charge in [-0.15, -0.1) is 0 Å². The second-order valence-corrected chi connectivity index (χ2v) is 5.04. The van der Waals surface area contributed by atoms with E-state index in [0.29, 0.717) is 16.8 Å². The molecule has 0 saturated carbocycles. The number of anilines is 1. The van der Waals surface area contributed by atoms with Crippen molar-refractivity contribution in [1.29, 1.82) is 0 Å². The summed E-state index contributed by atoms with van der Waals surface area (Å²) in [6, 6.07) is 9.39. The Bertz CT molecular complexity index is 926. The van der Waals surface area contributed by atoms with Gasteiger partial charge in [0, 0.05) is 12.5 Å². The third-order valence-electron chi connectivity index (χ3n) is 3.39. The van der Waals surface area contributed by atoms with Gasteiger partial charge in [-0.3, -0.25) is 10.1 Å². The largest absolute Gasteiger partial charge is 0.454 e. The Labute approximate surface area is 131 Å². The first kappa shape index (κ1) is 13.4. The average Bonchev–Trinajstić information content (AvgIpc) is 3.01. The summed E-state index contributed by atoms with van der Waals surface area (Å²) in [5, 5.41) is 2.55. The number of nitrogens with one attached hydrogen (secondary N) is 1. The quantitative estimate of drug-likeness (QED) is 0.782. The Kier molecular flexibility index (Phi) is 3.04. The van der Waals surface area contributed by atoms with Gasteiger partial charge in [-0.2, -0.15) is 0 Å². The third-order valence-corrected chi connectivity index (χ3v) is 3.39. The molecule has 1 aliphatic heterocycles. The van der Waals surface area contributed by atoms with Crippen molar-refractivity contribution in [2.45, 2.75) is 6.92 Å². The fourth-order valence-electron chi connectivity index (χ4n) is 2.36. The van der Waals surface area contributed by atoms with Crippen LogP contribution in [-0.4, -0.2) is 27.7 Å². The number of fused-ring (bicyclic) bond motifs is 2. The van der Waals surface area contributed by atoms with Gasteiger partial charge in [-0.1, -0.05) is 0 Å². The molecule has 1 aliphatic rings. The second kappa shape index (κ2) is 5.20. The van der Waals surface area contributed by atoms with Gasteiger partial charge in [0.05, 0.1) is 17.4 Å². The molecule has 0 radical (unpaired) electrons. The molecule has 114 valence electrons. The zero-order valence-electron chi connectivity index (χ0n) is 12.2. The van der Waals surface area contributed by atoms with Crippen LogP contribution in [-0.2, 0) is 4.79 Å². The lowest BCUT2D eigenvalue weighted by Crippen LogP contribution is -2.09. The van der Waals surface area contributed by atoms with Crippen LogP contribution in [0, 0.1) is 0 Å². The van der Waals surface area contributed by atoms with Gasteiger partial charge >= 0.3 is 0 Å². The highest BCUT2D eigenvalue weighted by Crippen LogP contribution is 2.35. The molecule has 0 bridgehead atoms. The predicted octanol–water partition coefficient (Wildman–Crippen LogP) is 2.38. The van der Waals surface area contributed by atoms with E-state index in [-0.39, 0.29) is 18.6 Å². The van der Waals surface area contributed by atoms with E-state index in [9.17, 15) is 4.79 Å². The van der Waals surface area contributed by atoms with Crippen molar-refractivity contribution in [2.75, 3.05) is 12.1 Å². The lowest BCUT2D eigenvalue weighted by Gasteiger charge is -2.05. The minimum absolute atomic E-state index is 0.214. The maximum Gasteiger partial charge on any atom is 0.231 e. The summed E-state index contributed by atoms with van der Waals surface area (Å²) in [6.45, 7) is 1.65. The van der Waals surface area contributed by atoms with E-state index in [1.54, 1.807) is 6.20 Å². The molecule has 23 heavy (non-hydrogen) atoms. The molecular formula is C16H12N4O3. The number of carbonyl (C=O) groups is 1. The van der Waals surface area contributed by atoms with Crippen LogP contribution in [0.1, 0.15) is 6.92 Å². The summed E-state index contributed by atoms with van der Waals surface area (Å²) in [5.74, 6) is 1.50. The van der Waals surface area contributed by atoms with Gasteiger partial charge in [0.25, 0.3) is 0 Å². The highest BCUT2D eigenvalue weighted by atomic mass is 16.7. The number of aromatic nitrogens is 3. The summed E-state index contributed by atoms with van der Waals surface area (Å²) in [7, 11) is 0. The molecule has 1 aromatic carbocycles. The fraction of sp³-hybridized carbons (Fsp3) is 0.125. The lowest BCUT2D eigenvalue weighted by atomic mass is 10.1. The molecule has 0 saturated heterocycles. The number of nitrogens with zero attached hydrogens (tertiary/aromatic N) is 3. The van der Waals surface area contributed by atoms with Crippen molar-refractivity contribution in [3.05, 3.63) is 36.5 Å². The standard InChI is InChI=1S/C16H12N4O3/c1-9(21)18-16-17-7-13-12(20-16)4-3-11(19-13)10-2-5-14-15(6-10)23-8-22-14/h2-7H,8H2,1H3,(H,17,18,20,21). The van der Waals surface area contributed by atoms with E-state index in [2.05, 4.69) is 20.3 Å². The highest BCUT2D eigenvalue weighted by Gasteiger charge is 2.14. The van der Waals surface area contributed by atoms with Crippen LogP contribution in [0.3, 0.4) is 0 Å². The summed E-state index contributed by atoms with van der Waals surface area (Å²) < 4.78 is 10.7. The Hall–Kier alpha value is -3.22. The van der Waals surface area contributed by atoms with Crippen LogP contribution >= 0.6 is 0 Å².